The Morgan fingerprint density at radius 3 is 2.47 bits per heavy atom. The predicted octanol–water partition coefficient (Wildman–Crippen LogP) is 4.41. The maximum Gasteiger partial charge on any atom is 0.132 e. The molecule has 0 saturated carbocycles. The monoisotopic (exact) mass is 356 g/mol. The topological polar surface area (TPSA) is 20.2 Å². The average molecular weight is 358 g/mol. The summed E-state index contributed by atoms with van der Waals surface area (Å²) in [4.78, 5) is 0. The van der Waals surface area contributed by atoms with Crippen LogP contribution in [-0.2, 0) is 0 Å². The van der Waals surface area contributed by atoms with Gasteiger partial charge in [0.25, 0.3) is 0 Å². The van der Waals surface area contributed by atoms with Gasteiger partial charge in [-0.2, -0.15) is 0 Å². The third-order valence-electron chi connectivity index (χ3n) is 2.96. The van der Waals surface area contributed by atoms with Crippen LogP contribution in [0.5, 0.6) is 0 Å². The molecule has 0 aliphatic heterocycles. The molecule has 0 amide bonds. The first-order chi connectivity index (χ1) is 8.08. The highest BCUT2D eigenvalue weighted by Crippen LogP contribution is 2.46. The van der Waals surface area contributed by atoms with E-state index in [1.807, 2.05) is 18.2 Å². The van der Waals surface area contributed by atoms with Crippen LogP contribution >= 0.6 is 31.9 Å². The lowest BCUT2D eigenvalue weighted by atomic mass is 10.1. The van der Waals surface area contributed by atoms with Gasteiger partial charge in [0.05, 0.1) is 0 Å². The minimum absolute atomic E-state index is 0.311. The van der Waals surface area contributed by atoms with E-state index in [1.165, 1.54) is 6.07 Å². The van der Waals surface area contributed by atoms with Crippen molar-refractivity contribution in [2.24, 2.45) is 0 Å². The highest BCUT2D eigenvalue weighted by atomic mass is 79.9. The highest BCUT2D eigenvalue weighted by Gasteiger charge is 2.30. The molecular formula is C13H7Br2FO. The Labute approximate surface area is 115 Å². The summed E-state index contributed by atoms with van der Waals surface area (Å²) < 4.78 is 15.5. The first kappa shape index (κ1) is 11.4. The highest BCUT2D eigenvalue weighted by molar-refractivity contribution is 9.10. The van der Waals surface area contributed by atoms with Crippen LogP contribution in [0.2, 0.25) is 0 Å². The van der Waals surface area contributed by atoms with Crippen molar-refractivity contribution in [1.82, 2.24) is 0 Å². The number of benzene rings is 2. The number of aliphatic hydroxyl groups is 1. The van der Waals surface area contributed by atoms with Crippen LogP contribution in [0.3, 0.4) is 0 Å². The molecule has 1 aliphatic rings. The summed E-state index contributed by atoms with van der Waals surface area (Å²) in [5.74, 6) is -0.311. The summed E-state index contributed by atoms with van der Waals surface area (Å²) >= 11 is 6.60. The van der Waals surface area contributed by atoms with Gasteiger partial charge in [-0.25, -0.2) is 4.39 Å². The molecule has 0 bridgehead atoms. The molecule has 2 aromatic carbocycles. The molecule has 2 aromatic rings. The molecule has 0 radical (unpaired) electrons. The molecular weight excluding hydrogens is 351 g/mol. The Hall–Kier alpha value is -0.710. The van der Waals surface area contributed by atoms with Crippen molar-refractivity contribution in [3.63, 3.8) is 0 Å². The van der Waals surface area contributed by atoms with Crippen LogP contribution in [0.1, 0.15) is 17.2 Å². The fourth-order valence-corrected chi connectivity index (χ4v) is 3.07. The summed E-state index contributed by atoms with van der Waals surface area (Å²) in [6, 6.07) is 8.68. The van der Waals surface area contributed by atoms with Crippen molar-refractivity contribution in [2.75, 3.05) is 0 Å². The molecule has 1 atom stereocenters. The van der Waals surface area contributed by atoms with Gasteiger partial charge in [-0.15, -0.1) is 0 Å². The number of aliphatic hydroxyl groups excluding tert-OH is 1. The molecule has 4 heteroatoms. The molecule has 1 aliphatic carbocycles. The van der Waals surface area contributed by atoms with Gasteiger partial charge < -0.3 is 5.11 Å². The van der Waals surface area contributed by atoms with Gasteiger partial charge in [-0.1, -0.05) is 37.9 Å². The fourth-order valence-electron chi connectivity index (χ4n) is 2.25. The van der Waals surface area contributed by atoms with E-state index in [-0.39, 0.29) is 5.82 Å². The first-order valence-corrected chi connectivity index (χ1v) is 6.63. The van der Waals surface area contributed by atoms with E-state index in [2.05, 4.69) is 31.9 Å². The minimum atomic E-state index is -0.760. The van der Waals surface area contributed by atoms with E-state index in [1.54, 1.807) is 6.07 Å². The van der Waals surface area contributed by atoms with E-state index in [0.29, 0.717) is 15.6 Å². The van der Waals surface area contributed by atoms with Gasteiger partial charge in [0, 0.05) is 14.5 Å². The SMILES string of the molecule is O[C@H]1c2cc(Br)ccc2-c2c(F)cc(Br)cc21. The third-order valence-corrected chi connectivity index (χ3v) is 3.91. The lowest BCUT2D eigenvalue weighted by Crippen LogP contribution is -1.94. The van der Waals surface area contributed by atoms with E-state index < -0.39 is 6.10 Å². The molecule has 17 heavy (non-hydrogen) atoms. The number of hydrogen-bond donors (Lipinski definition) is 1. The maximum absolute atomic E-state index is 14.0. The van der Waals surface area contributed by atoms with Crippen LogP contribution in [0.15, 0.2) is 39.3 Å². The van der Waals surface area contributed by atoms with Crippen molar-refractivity contribution in [3.8, 4) is 11.1 Å². The maximum atomic E-state index is 14.0. The molecule has 0 saturated heterocycles. The van der Waals surface area contributed by atoms with Crippen LogP contribution in [0, 0.1) is 5.82 Å². The largest absolute Gasteiger partial charge is 0.384 e. The Morgan fingerprint density at radius 2 is 1.71 bits per heavy atom. The normalized spacial score (nSPS) is 16.8. The number of hydrogen-bond acceptors (Lipinski definition) is 1. The number of halogens is 3. The van der Waals surface area contributed by atoms with E-state index in [4.69, 9.17) is 0 Å². The minimum Gasteiger partial charge on any atom is -0.384 e. The van der Waals surface area contributed by atoms with Gasteiger partial charge in [0.15, 0.2) is 0 Å². The number of fused-ring (bicyclic) bond motifs is 3. The summed E-state index contributed by atoms with van der Waals surface area (Å²) in [5.41, 5.74) is 2.63. The van der Waals surface area contributed by atoms with Crippen molar-refractivity contribution < 1.29 is 9.50 Å². The third kappa shape index (κ3) is 1.66. The van der Waals surface area contributed by atoms with Gasteiger partial charge in [-0.3, -0.25) is 0 Å². The van der Waals surface area contributed by atoms with Gasteiger partial charge in [0.1, 0.15) is 11.9 Å². The standard InChI is InChI=1S/C13H7Br2FO/c14-6-1-2-8-9(3-6)13(17)10-4-7(15)5-11(16)12(8)10/h1-5,13,17H/t13-/m0/s1. The van der Waals surface area contributed by atoms with E-state index in [9.17, 15) is 9.50 Å². The summed E-state index contributed by atoms with van der Waals surface area (Å²) in [7, 11) is 0. The molecule has 3 rings (SSSR count). The van der Waals surface area contributed by atoms with E-state index in [0.717, 1.165) is 15.6 Å². The molecule has 0 spiro atoms. The molecule has 0 heterocycles. The van der Waals surface area contributed by atoms with Crippen LogP contribution < -0.4 is 0 Å². The van der Waals surface area contributed by atoms with Gasteiger partial charge in [-0.05, 0) is 41.0 Å². The second-order valence-electron chi connectivity index (χ2n) is 3.99. The van der Waals surface area contributed by atoms with Crippen molar-refractivity contribution in [3.05, 3.63) is 56.2 Å². The second-order valence-corrected chi connectivity index (χ2v) is 5.82. The summed E-state index contributed by atoms with van der Waals surface area (Å²) in [5, 5.41) is 10.2. The van der Waals surface area contributed by atoms with E-state index >= 15 is 0 Å². The Balaban J connectivity index is 2.35. The van der Waals surface area contributed by atoms with Crippen LogP contribution in [0.25, 0.3) is 11.1 Å². The fraction of sp³-hybridized carbons (Fsp3) is 0.0769. The zero-order valence-electron chi connectivity index (χ0n) is 8.55. The van der Waals surface area contributed by atoms with Crippen molar-refractivity contribution >= 4 is 31.9 Å². The molecule has 1 nitrogen and oxygen atoms in total. The Morgan fingerprint density at radius 1 is 1.00 bits per heavy atom. The quantitative estimate of drug-likeness (QED) is 0.740. The first-order valence-electron chi connectivity index (χ1n) is 5.05. The zero-order valence-corrected chi connectivity index (χ0v) is 11.7. The molecule has 1 N–H and O–H groups in total. The average Bonchev–Trinajstić information content (AvgIpc) is 2.53. The Kier molecular flexibility index (Phi) is 2.61. The molecule has 0 unspecified atom stereocenters. The lowest BCUT2D eigenvalue weighted by Gasteiger charge is -2.06. The van der Waals surface area contributed by atoms with Crippen LogP contribution in [-0.4, -0.2) is 5.11 Å². The predicted molar refractivity (Wildman–Crippen MR) is 71.3 cm³/mol. The van der Waals surface area contributed by atoms with Crippen LogP contribution in [0.4, 0.5) is 4.39 Å². The summed E-state index contributed by atoms with van der Waals surface area (Å²) in [6.45, 7) is 0. The zero-order chi connectivity index (χ0) is 12.2. The smallest absolute Gasteiger partial charge is 0.132 e. The molecule has 0 fully saturated rings. The van der Waals surface area contributed by atoms with Crippen molar-refractivity contribution in [1.29, 1.82) is 0 Å². The molecule has 0 aromatic heterocycles. The second kappa shape index (κ2) is 3.90. The van der Waals surface area contributed by atoms with Crippen molar-refractivity contribution in [2.45, 2.75) is 6.10 Å². The summed E-state index contributed by atoms with van der Waals surface area (Å²) in [6.07, 6.45) is -0.760. The van der Waals surface area contributed by atoms with Gasteiger partial charge >= 0.3 is 0 Å². The lowest BCUT2D eigenvalue weighted by molar-refractivity contribution is 0.225. The molecule has 86 valence electrons. The Bertz CT molecular complexity index is 625. The number of rotatable bonds is 0. The van der Waals surface area contributed by atoms with Gasteiger partial charge in [0.2, 0.25) is 0 Å².